The van der Waals surface area contributed by atoms with E-state index in [2.05, 4.69) is 4.57 Å². The number of hydrogen-bond acceptors (Lipinski definition) is 4. The van der Waals surface area contributed by atoms with E-state index >= 15 is 0 Å². The number of ketones is 1. The summed E-state index contributed by atoms with van der Waals surface area (Å²) in [7, 11) is 1.65. The highest BCUT2D eigenvalue weighted by atomic mass is 35.5. The average molecular weight is 379 g/mol. The van der Waals surface area contributed by atoms with E-state index < -0.39 is 5.91 Å². The Morgan fingerprint density at radius 1 is 1.23 bits per heavy atom. The molecule has 1 atom stereocenters. The smallest absolute Gasteiger partial charge is 0.252 e. The molecule has 7 heteroatoms. The minimum absolute atomic E-state index is 0.111. The third-order valence-corrected chi connectivity index (χ3v) is 4.43. The van der Waals surface area contributed by atoms with Crippen molar-refractivity contribution >= 4 is 23.3 Å². The fourth-order valence-corrected chi connectivity index (χ4v) is 3.27. The first-order chi connectivity index (χ1) is 12.3. The summed E-state index contributed by atoms with van der Waals surface area (Å²) in [4.78, 5) is 24.1. The van der Waals surface area contributed by atoms with Crippen LogP contribution < -0.4 is 10.5 Å². The van der Waals surface area contributed by atoms with E-state index in [0.29, 0.717) is 17.2 Å². The van der Waals surface area contributed by atoms with Crippen LogP contribution >= 0.6 is 11.6 Å². The van der Waals surface area contributed by atoms with E-state index in [4.69, 9.17) is 26.8 Å². The molecule has 1 aromatic carbocycles. The number of carbonyl (C=O) groups is 2. The van der Waals surface area contributed by atoms with Crippen molar-refractivity contribution in [1.29, 1.82) is 0 Å². The second-order valence-corrected chi connectivity index (χ2v) is 6.61. The third kappa shape index (κ3) is 4.26. The fourth-order valence-electron chi connectivity index (χ4n) is 3.10. The lowest BCUT2D eigenvalue weighted by Crippen LogP contribution is -2.18. The molecule has 2 rings (SSSR count). The molecule has 0 saturated carbocycles. The van der Waals surface area contributed by atoms with Crippen molar-refractivity contribution in [3.05, 3.63) is 51.8 Å². The van der Waals surface area contributed by atoms with Gasteiger partial charge in [0, 0.05) is 29.1 Å². The first-order valence-corrected chi connectivity index (χ1v) is 8.56. The van der Waals surface area contributed by atoms with Gasteiger partial charge in [-0.15, -0.1) is 0 Å². The van der Waals surface area contributed by atoms with Gasteiger partial charge in [0.1, 0.15) is 5.75 Å². The summed E-state index contributed by atoms with van der Waals surface area (Å²) in [6.45, 7) is 6.21. The molecule has 26 heavy (non-hydrogen) atoms. The monoisotopic (exact) mass is 378 g/mol. The maximum atomic E-state index is 12.6. The summed E-state index contributed by atoms with van der Waals surface area (Å²) in [6, 6.07) is 6.47. The molecular weight excluding hydrogens is 356 g/mol. The molecule has 0 spiro atoms. The average Bonchev–Trinajstić information content (AvgIpc) is 2.88. The molecular formula is C19H23ClN2O4. The van der Waals surface area contributed by atoms with Gasteiger partial charge in [-0.3, -0.25) is 9.59 Å². The Bertz CT molecular complexity index is 829. The quantitative estimate of drug-likeness (QED) is 0.714. The van der Waals surface area contributed by atoms with Crippen LogP contribution in [0.5, 0.6) is 5.75 Å². The highest BCUT2D eigenvalue weighted by Crippen LogP contribution is 2.24. The molecule has 0 bridgehead atoms. The number of aryl methyl sites for hydroxylation is 1. The van der Waals surface area contributed by atoms with Gasteiger partial charge in [-0.2, -0.15) is 0 Å². The third-order valence-electron chi connectivity index (χ3n) is 4.20. The van der Waals surface area contributed by atoms with Crippen LogP contribution in [0, 0.1) is 13.8 Å². The van der Waals surface area contributed by atoms with Crippen LogP contribution in [0.1, 0.15) is 45.1 Å². The minimum Gasteiger partial charge on any atom is -0.485 e. The number of ether oxygens (including phenoxy) is 2. The largest absolute Gasteiger partial charge is 0.485 e. The number of rotatable bonds is 8. The van der Waals surface area contributed by atoms with Crippen molar-refractivity contribution in [2.24, 2.45) is 5.73 Å². The molecule has 1 amide bonds. The molecule has 1 aromatic heterocycles. The SMILES string of the molecule is COCC(C)n1c(C)cc(C(=O)COc2ccc(Cl)cc2C(N)=O)c1C. The number of carbonyl (C=O) groups excluding carboxylic acids is 2. The van der Waals surface area contributed by atoms with Crippen molar-refractivity contribution in [3.8, 4) is 5.75 Å². The standard InChI is InChI=1S/C19H23ClN2O4/c1-11-7-15(13(3)22(11)12(2)9-25-4)17(23)10-26-18-6-5-14(20)8-16(18)19(21)24/h5-8,12H,9-10H2,1-4H3,(H2,21,24). The van der Waals surface area contributed by atoms with Crippen LogP contribution in [0.15, 0.2) is 24.3 Å². The molecule has 2 aromatic rings. The number of methoxy groups -OCH3 is 1. The van der Waals surface area contributed by atoms with Gasteiger partial charge in [0.25, 0.3) is 5.91 Å². The van der Waals surface area contributed by atoms with Crippen LogP contribution in [0.4, 0.5) is 0 Å². The summed E-state index contributed by atoms with van der Waals surface area (Å²) in [5, 5.41) is 0.369. The minimum atomic E-state index is -0.665. The highest BCUT2D eigenvalue weighted by molar-refractivity contribution is 6.31. The molecule has 0 aliphatic rings. The molecule has 0 aliphatic heterocycles. The van der Waals surface area contributed by atoms with E-state index in [1.807, 2.05) is 26.8 Å². The second kappa shape index (κ2) is 8.38. The maximum Gasteiger partial charge on any atom is 0.252 e. The van der Waals surface area contributed by atoms with Crippen molar-refractivity contribution in [3.63, 3.8) is 0 Å². The van der Waals surface area contributed by atoms with Gasteiger partial charge in [0.15, 0.2) is 6.61 Å². The first-order valence-electron chi connectivity index (χ1n) is 8.19. The fraction of sp³-hybridized carbons (Fsp3) is 0.368. The molecule has 2 N–H and O–H groups in total. The van der Waals surface area contributed by atoms with Crippen molar-refractivity contribution in [2.45, 2.75) is 26.8 Å². The van der Waals surface area contributed by atoms with Gasteiger partial charge in [-0.05, 0) is 45.0 Å². The topological polar surface area (TPSA) is 83.6 Å². The van der Waals surface area contributed by atoms with Crippen LogP contribution in [0.3, 0.4) is 0 Å². The van der Waals surface area contributed by atoms with Gasteiger partial charge in [0.05, 0.1) is 18.2 Å². The lowest BCUT2D eigenvalue weighted by Gasteiger charge is -2.17. The normalized spacial score (nSPS) is 12.0. The Morgan fingerprint density at radius 3 is 2.54 bits per heavy atom. The number of benzene rings is 1. The van der Waals surface area contributed by atoms with Crippen LogP contribution in [0.25, 0.3) is 0 Å². The van der Waals surface area contributed by atoms with Gasteiger partial charge < -0.3 is 19.8 Å². The Morgan fingerprint density at radius 2 is 1.92 bits per heavy atom. The molecule has 0 aliphatic carbocycles. The summed E-state index contributed by atoms with van der Waals surface area (Å²) in [5.74, 6) is -0.613. The number of halogens is 1. The molecule has 140 valence electrons. The van der Waals surface area contributed by atoms with Crippen molar-refractivity contribution in [2.75, 3.05) is 20.3 Å². The van der Waals surface area contributed by atoms with Crippen LogP contribution in [-0.2, 0) is 4.74 Å². The van der Waals surface area contributed by atoms with Gasteiger partial charge in [-0.1, -0.05) is 11.6 Å². The zero-order valence-corrected chi connectivity index (χ0v) is 16.1. The predicted octanol–water partition coefficient (Wildman–Crippen LogP) is 3.33. The zero-order chi connectivity index (χ0) is 19.4. The first kappa shape index (κ1) is 20.0. The summed E-state index contributed by atoms with van der Waals surface area (Å²) >= 11 is 5.87. The molecule has 1 unspecified atom stereocenters. The zero-order valence-electron chi connectivity index (χ0n) is 15.3. The predicted molar refractivity (Wildman–Crippen MR) is 100 cm³/mol. The second-order valence-electron chi connectivity index (χ2n) is 6.18. The summed E-state index contributed by atoms with van der Waals surface area (Å²) < 4.78 is 12.8. The number of aromatic nitrogens is 1. The van der Waals surface area contributed by atoms with Crippen molar-refractivity contribution < 1.29 is 19.1 Å². The van der Waals surface area contributed by atoms with E-state index in [-0.39, 0.29) is 29.7 Å². The molecule has 0 radical (unpaired) electrons. The number of nitrogens with two attached hydrogens (primary N) is 1. The molecule has 1 heterocycles. The van der Waals surface area contributed by atoms with Crippen LogP contribution in [-0.4, -0.2) is 36.6 Å². The Kier molecular flexibility index (Phi) is 6.45. The maximum absolute atomic E-state index is 12.6. The van der Waals surface area contributed by atoms with E-state index in [0.717, 1.165) is 11.4 Å². The van der Waals surface area contributed by atoms with Crippen molar-refractivity contribution in [1.82, 2.24) is 4.57 Å². The molecule has 6 nitrogen and oxygen atoms in total. The van der Waals surface area contributed by atoms with Gasteiger partial charge >= 0.3 is 0 Å². The highest BCUT2D eigenvalue weighted by Gasteiger charge is 2.20. The Hall–Kier alpha value is -2.31. The summed E-state index contributed by atoms with van der Waals surface area (Å²) in [5.41, 5.74) is 7.88. The van der Waals surface area contributed by atoms with Gasteiger partial charge in [0.2, 0.25) is 5.78 Å². The number of Topliss-reactive ketones (excluding diaryl/α,β-unsaturated/α-hetero) is 1. The van der Waals surface area contributed by atoms with Crippen LogP contribution in [0.2, 0.25) is 5.02 Å². The molecule has 0 fully saturated rings. The van der Waals surface area contributed by atoms with E-state index in [1.165, 1.54) is 12.1 Å². The lowest BCUT2D eigenvalue weighted by molar-refractivity contribution is 0.0911. The van der Waals surface area contributed by atoms with E-state index in [1.54, 1.807) is 13.2 Å². The number of nitrogens with zero attached hydrogens (tertiary/aromatic N) is 1. The lowest BCUT2D eigenvalue weighted by atomic mass is 10.1. The number of amides is 1. The Labute approximate surface area is 157 Å². The Balaban J connectivity index is 2.19. The van der Waals surface area contributed by atoms with Gasteiger partial charge in [-0.25, -0.2) is 0 Å². The van der Waals surface area contributed by atoms with E-state index in [9.17, 15) is 9.59 Å². The molecule has 0 saturated heterocycles. The number of hydrogen-bond donors (Lipinski definition) is 1. The summed E-state index contributed by atoms with van der Waals surface area (Å²) in [6.07, 6.45) is 0. The number of primary amides is 1.